The monoisotopic (exact) mass is 407 g/mol. The summed E-state index contributed by atoms with van der Waals surface area (Å²) in [5.41, 5.74) is 4.88. The third kappa shape index (κ3) is 5.41. The Morgan fingerprint density at radius 3 is 2.57 bits per heavy atom. The number of alkyl carbamates (subject to hydrolysis) is 1. The number of carbonyl (C=O) groups is 2. The lowest BCUT2D eigenvalue weighted by Crippen LogP contribution is -2.45. The van der Waals surface area contributed by atoms with Gasteiger partial charge in [-0.2, -0.15) is 0 Å². The molecule has 0 saturated heterocycles. The zero-order valence-electron chi connectivity index (χ0n) is 17.9. The molecule has 158 valence electrons. The second-order valence-corrected chi connectivity index (χ2v) is 8.04. The van der Waals surface area contributed by atoms with E-state index in [9.17, 15) is 9.59 Å². The van der Waals surface area contributed by atoms with Crippen molar-refractivity contribution in [3.63, 3.8) is 0 Å². The summed E-state index contributed by atoms with van der Waals surface area (Å²) < 4.78 is 5.24. The van der Waals surface area contributed by atoms with E-state index in [4.69, 9.17) is 4.74 Å². The van der Waals surface area contributed by atoms with Gasteiger partial charge in [0, 0.05) is 29.2 Å². The first-order chi connectivity index (χ1) is 14.3. The largest absolute Gasteiger partial charge is 0.449 e. The van der Waals surface area contributed by atoms with Gasteiger partial charge in [-0.1, -0.05) is 38.1 Å². The van der Waals surface area contributed by atoms with E-state index >= 15 is 0 Å². The summed E-state index contributed by atoms with van der Waals surface area (Å²) >= 11 is 0. The van der Waals surface area contributed by atoms with Crippen LogP contribution in [0.1, 0.15) is 30.5 Å². The van der Waals surface area contributed by atoms with E-state index in [1.807, 2.05) is 76.4 Å². The standard InChI is InChI=1S/C24H29N3O3/c1-15(2)14-30-24(29)27-22(12-18-13-25-21-8-6-5-7-20(18)21)23(28)26-19-10-9-16(3)17(4)11-19/h5-11,13,15,22,25H,12,14H2,1-4H3,(H,26,28)(H,27,29)/t22-/m0/s1. The highest BCUT2D eigenvalue weighted by Gasteiger charge is 2.24. The molecule has 1 aromatic heterocycles. The Morgan fingerprint density at radius 1 is 1.07 bits per heavy atom. The van der Waals surface area contributed by atoms with Crippen molar-refractivity contribution in [3.8, 4) is 0 Å². The molecular formula is C24H29N3O3. The zero-order chi connectivity index (χ0) is 21.7. The summed E-state index contributed by atoms with van der Waals surface area (Å²) in [6, 6.07) is 12.9. The highest BCUT2D eigenvalue weighted by atomic mass is 16.5. The molecule has 6 nitrogen and oxygen atoms in total. The molecule has 3 aromatic rings. The van der Waals surface area contributed by atoms with Gasteiger partial charge in [0.15, 0.2) is 0 Å². The number of hydrogen-bond donors (Lipinski definition) is 3. The molecule has 2 amide bonds. The number of aromatic amines is 1. The van der Waals surface area contributed by atoms with Gasteiger partial charge in [-0.3, -0.25) is 4.79 Å². The quantitative estimate of drug-likeness (QED) is 0.530. The molecule has 0 radical (unpaired) electrons. The van der Waals surface area contributed by atoms with Crippen LogP contribution in [-0.2, 0) is 16.0 Å². The fourth-order valence-electron chi connectivity index (χ4n) is 3.20. The fraction of sp³-hybridized carbons (Fsp3) is 0.333. The molecule has 0 fully saturated rings. The molecule has 0 bridgehead atoms. The molecule has 3 rings (SSSR count). The molecule has 6 heteroatoms. The summed E-state index contributed by atoms with van der Waals surface area (Å²) in [6.45, 7) is 8.24. The van der Waals surface area contributed by atoms with Crippen LogP contribution < -0.4 is 10.6 Å². The first-order valence-corrected chi connectivity index (χ1v) is 10.2. The average Bonchev–Trinajstić information content (AvgIpc) is 3.11. The van der Waals surface area contributed by atoms with E-state index in [2.05, 4.69) is 15.6 Å². The Bertz CT molecular complexity index is 1040. The van der Waals surface area contributed by atoms with Gasteiger partial charge in [0.25, 0.3) is 0 Å². The summed E-state index contributed by atoms with van der Waals surface area (Å²) in [5, 5.41) is 6.68. The van der Waals surface area contributed by atoms with Crippen molar-refractivity contribution in [1.82, 2.24) is 10.3 Å². The number of nitrogens with one attached hydrogen (secondary N) is 3. The van der Waals surface area contributed by atoms with Gasteiger partial charge in [0.1, 0.15) is 6.04 Å². The molecule has 1 atom stereocenters. The van der Waals surface area contributed by atoms with Crippen molar-refractivity contribution in [1.29, 1.82) is 0 Å². The Labute approximate surface area is 177 Å². The third-order valence-corrected chi connectivity index (χ3v) is 5.03. The van der Waals surface area contributed by atoms with Gasteiger partial charge in [0.05, 0.1) is 6.61 Å². The van der Waals surface area contributed by atoms with E-state index in [0.29, 0.717) is 18.7 Å². The molecule has 0 unspecified atom stereocenters. The molecule has 0 aliphatic rings. The maximum absolute atomic E-state index is 13.1. The number of anilines is 1. The minimum atomic E-state index is -0.773. The first-order valence-electron chi connectivity index (χ1n) is 10.2. The number of aromatic nitrogens is 1. The molecule has 0 aliphatic carbocycles. The SMILES string of the molecule is Cc1ccc(NC(=O)[C@H](Cc2c[nH]c3ccccc23)NC(=O)OCC(C)C)cc1C. The molecule has 2 aromatic carbocycles. The highest BCUT2D eigenvalue weighted by molar-refractivity contribution is 5.97. The first kappa shape index (κ1) is 21.4. The minimum absolute atomic E-state index is 0.215. The molecule has 0 saturated carbocycles. The molecule has 1 heterocycles. The zero-order valence-corrected chi connectivity index (χ0v) is 17.9. The molecule has 30 heavy (non-hydrogen) atoms. The third-order valence-electron chi connectivity index (χ3n) is 5.03. The lowest BCUT2D eigenvalue weighted by molar-refractivity contribution is -0.118. The van der Waals surface area contributed by atoms with Crippen LogP contribution in [0.15, 0.2) is 48.7 Å². The summed E-state index contributed by atoms with van der Waals surface area (Å²) in [7, 11) is 0. The number of benzene rings is 2. The summed E-state index contributed by atoms with van der Waals surface area (Å²) in [5.74, 6) is -0.0720. The topological polar surface area (TPSA) is 83.2 Å². The Balaban J connectivity index is 1.79. The van der Waals surface area contributed by atoms with E-state index in [-0.39, 0.29) is 11.8 Å². The molecule has 0 aliphatic heterocycles. The Kier molecular flexibility index (Phi) is 6.77. The van der Waals surface area contributed by atoms with Crippen molar-refractivity contribution < 1.29 is 14.3 Å². The number of amides is 2. The lowest BCUT2D eigenvalue weighted by atomic mass is 10.0. The second kappa shape index (κ2) is 9.48. The smallest absolute Gasteiger partial charge is 0.407 e. The van der Waals surface area contributed by atoms with Gasteiger partial charge >= 0.3 is 6.09 Å². The number of ether oxygens (including phenoxy) is 1. The molecule has 0 spiro atoms. The van der Waals surface area contributed by atoms with Gasteiger partial charge < -0.3 is 20.4 Å². The van der Waals surface area contributed by atoms with Crippen molar-refractivity contribution in [2.45, 2.75) is 40.2 Å². The van der Waals surface area contributed by atoms with Crippen LogP contribution in [-0.4, -0.2) is 29.6 Å². The second-order valence-electron chi connectivity index (χ2n) is 8.04. The van der Waals surface area contributed by atoms with Gasteiger partial charge in [-0.25, -0.2) is 4.79 Å². The maximum Gasteiger partial charge on any atom is 0.407 e. The number of para-hydroxylation sites is 1. The Morgan fingerprint density at radius 2 is 1.83 bits per heavy atom. The number of rotatable bonds is 7. The Hall–Kier alpha value is -3.28. The van der Waals surface area contributed by atoms with Crippen molar-refractivity contribution in [3.05, 3.63) is 65.4 Å². The van der Waals surface area contributed by atoms with Crippen LogP contribution in [0.5, 0.6) is 0 Å². The number of fused-ring (bicyclic) bond motifs is 1. The van der Waals surface area contributed by atoms with Crippen LogP contribution in [0.3, 0.4) is 0 Å². The molecular weight excluding hydrogens is 378 g/mol. The van der Waals surface area contributed by atoms with E-state index in [1.54, 1.807) is 0 Å². The van der Waals surface area contributed by atoms with Crippen molar-refractivity contribution in [2.24, 2.45) is 5.92 Å². The lowest BCUT2D eigenvalue weighted by Gasteiger charge is -2.19. The van der Waals surface area contributed by atoms with E-state index < -0.39 is 12.1 Å². The van der Waals surface area contributed by atoms with Gasteiger partial charge in [-0.05, 0) is 54.7 Å². The molecule has 3 N–H and O–H groups in total. The van der Waals surface area contributed by atoms with Crippen molar-refractivity contribution in [2.75, 3.05) is 11.9 Å². The van der Waals surface area contributed by atoms with Crippen LogP contribution in [0.4, 0.5) is 10.5 Å². The number of carbonyl (C=O) groups excluding carboxylic acids is 2. The van der Waals surface area contributed by atoms with Gasteiger partial charge in [0.2, 0.25) is 5.91 Å². The normalized spacial score (nSPS) is 12.0. The van der Waals surface area contributed by atoms with Crippen molar-refractivity contribution >= 4 is 28.6 Å². The predicted octanol–water partition coefficient (Wildman–Crippen LogP) is 4.72. The van der Waals surface area contributed by atoms with Gasteiger partial charge in [-0.15, -0.1) is 0 Å². The van der Waals surface area contributed by atoms with Crippen LogP contribution in [0, 0.1) is 19.8 Å². The number of H-pyrrole nitrogens is 1. The predicted molar refractivity (Wildman–Crippen MR) is 120 cm³/mol. The van der Waals surface area contributed by atoms with Crippen LogP contribution in [0.2, 0.25) is 0 Å². The maximum atomic E-state index is 13.1. The van der Waals surface area contributed by atoms with E-state index in [0.717, 1.165) is 27.6 Å². The number of aryl methyl sites for hydroxylation is 2. The summed E-state index contributed by atoms with van der Waals surface area (Å²) in [6.07, 6.45) is 1.63. The number of hydrogen-bond acceptors (Lipinski definition) is 3. The fourth-order valence-corrected chi connectivity index (χ4v) is 3.20. The minimum Gasteiger partial charge on any atom is -0.449 e. The van der Waals surface area contributed by atoms with E-state index in [1.165, 1.54) is 0 Å². The van der Waals surface area contributed by atoms with Crippen LogP contribution in [0.25, 0.3) is 10.9 Å². The highest BCUT2D eigenvalue weighted by Crippen LogP contribution is 2.20. The summed E-state index contributed by atoms with van der Waals surface area (Å²) in [4.78, 5) is 28.6. The van der Waals surface area contributed by atoms with Crippen LogP contribution >= 0.6 is 0 Å². The average molecular weight is 408 g/mol.